The molecule has 0 spiro atoms. The number of hydrogen-bond acceptors (Lipinski definition) is 3. The second-order valence-corrected chi connectivity index (χ2v) is 7.08. The summed E-state index contributed by atoms with van der Waals surface area (Å²) in [5.74, 6) is 1.38. The van der Waals surface area contributed by atoms with Crippen molar-refractivity contribution in [1.82, 2.24) is 15.0 Å². The van der Waals surface area contributed by atoms with E-state index in [2.05, 4.69) is 30.2 Å². The Morgan fingerprint density at radius 2 is 1.78 bits per heavy atom. The molecule has 0 N–H and O–H groups in total. The van der Waals surface area contributed by atoms with E-state index in [-0.39, 0.29) is 0 Å². The third kappa shape index (κ3) is 5.06. The van der Waals surface area contributed by atoms with Crippen molar-refractivity contribution in [3.05, 3.63) is 11.4 Å². The molecule has 1 heterocycles. The molecule has 128 valence electrons. The smallest absolute Gasteiger partial charge is 0.186 e. The molecule has 0 aromatic carbocycles. The van der Waals surface area contributed by atoms with Crippen molar-refractivity contribution in [3.63, 3.8) is 0 Å². The third-order valence-electron chi connectivity index (χ3n) is 5.30. The van der Waals surface area contributed by atoms with Gasteiger partial charge < -0.3 is 0 Å². The Bertz CT molecular complexity index is 492. The predicted molar refractivity (Wildman–Crippen MR) is 93.1 cm³/mol. The summed E-state index contributed by atoms with van der Waals surface area (Å²) in [6, 6.07) is 2.27. The van der Waals surface area contributed by atoms with Gasteiger partial charge in [0.15, 0.2) is 5.69 Å². The Labute approximate surface area is 141 Å². The molecule has 4 nitrogen and oxygen atoms in total. The zero-order valence-electron chi connectivity index (χ0n) is 14.9. The quantitative estimate of drug-likeness (QED) is 0.589. The van der Waals surface area contributed by atoms with E-state index >= 15 is 0 Å². The summed E-state index contributed by atoms with van der Waals surface area (Å²) < 4.78 is 2.03. The van der Waals surface area contributed by atoms with E-state index in [1.807, 2.05) is 4.68 Å². The van der Waals surface area contributed by atoms with Gasteiger partial charge in [-0.1, -0.05) is 57.6 Å². The van der Waals surface area contributed by atoms with Gasteiger partial charge in [0.2, 0.25) is 0 Å². The normalized spacial score (nSPS) is 21.3. The van der Waals surface area contributed by atoms with E-state index in [0.29, 0.717) is 11.6 Å². The van der Waals surface area contributed by atoms with Crippen molar-refractivity contribution in [3.8, 4) is 6.07 Å². The topological polar surface area (TPSA) is 54.5 Å². The molecular weight excluding hydrogens is 284 g/mol. The van der Waals surface area contributed by atoms with Crippen LogP contribution in [-0.4, -0.2) is 15.0 Å². The number of aromatic nitrogens is 3. The molecule has 1 fully saturated rings. The van der Waals surface area contributed by atoms with Gasteiger partial charge in [0.05, 0.1) is 5.69 Å². The maximum absolute atomic E-state index is 9.37. The zero-order chi connectivity index (χ0) is 16.5. The van der Waals surface area contributed by atoms with Crippen LogP contribution in [0.25, 0.3) is 0 Å². The van der Waals surface area contributed by atoms with Crippen LogP contribution in [0.2, 0.25) is 0 Å². The lowest BCUT2D eigenvalue weighted by Crippen LogP contribution is -2.18. The van der Waals surface area contributed by atoms with Crippen LogP contribution in [0.4, 0.5) is 0 Å². The molecule has 0 saturated heterocycles. The highest BCUT2D eigenvalue weighted by Gasteiger charge is 2.27. The first-order valence-electron chi connectivity index (χ1n) is 9.63. The Hall–Kier alpha value is -1.37. The van der Waals surface area contributed by atoms with Crippen molar-refractivity contribution in [2.75, 3.05) is 0 Å². The highest BCUT2D eigenvalue weighted by molar-refractivity contribution is 5.28. The first-order valence-corrected chi connectivity index (χ1v) is 9.63. The molecule has 1 aromatic heterocycles. The fraction of sp³-hybridized carbons (Fsp3) is 0.842. The monoisotopic (exact) mass is 316 g/mol. The highest BCUT2D eigenvalue weighted by Crippen LogP contribution is 2.38. The Kier molecular flexibility index (Phi) is 7.58. The van der Waals surface area contributed by atoms with Crippen LogP contribution in [0.3, 0.4) is 0 Å². The summed E-state index contributed by atoms with van der Waals surface area (Å²) in [6.07, 6.45) is 13.9. The molecular formula is C19H32N4. The first-order chi connectivity index (χ1) is 11.3. The molecule has 23 heavy (non-hydrogen) atoms. The van der Waals surface area contributed by atoms with Crippen LogP contribution in [0.15, 0.2) is 0 Å². The summed E-state index contributed by atoms with van der Waals surface area (Å²) in [5.41, 5.74) is 1.69. The minimum absolute atomic E-state index is 0.490. The number of nitriles is 1. The molecule has 1 aliphatic rings. The molecule has 0 radical (unpaired) electrons. The molecule has 0 unspecified atom stereocenters. The van der Waals surface area contributed by atoms with Crippen molar-refractivity contribution in [1.29, 1.82) is 5.26 Å². The Balaban J connectivity index is 1.95. The van der Waals surface area contributed by atoms with E-state index in [0.717, 1.165) is 24.6 Å². The molecule has 0 atom stereocenters. The lowest BCUT2D eigenvalue weighted by atomic mass is 9.78. The molecule has 1 aliphatic carbocycles. The van der Waals surface area contributed by atoms with Gasteiger partial charge in [-0.25, -0.2) is 4.68 Å². The lowest BCUT2D eigenvalue weighted by molar-refractivity contribution is 0.295. The molecule has 1 saturated carbocycles. The van der Waals surface area contributed by atoms with Crippen molar-refractivity contribution < 1.29 is 0 Å². The van der Waals surface area contributed by atoms with Gasteiger partial charge in [-0.05, 0) is 38.0 Å². The van der Waals surface area contributed by atoms with E-state index in [1.165, 1.54) is 64.2 Å². The summed E-state index contributed by atoms with van der Waals surface area (Å²) in [5, 5.41) is 17.8. The first kappa shape index (κ1) is 18.0. The Morgan fingerprint density at radius 3 is 2.43 bits per heavy atom. The van der Waals surface area contributed by atoms with Crippen LogP contribution in [0.5, 0.6) is 0 Å². The SMILES string of the molecule is CCCCCCn1nnc(C#N)c1C1CCC(CCCC)CC1. The van der Waals surface area contributed by atoms with Gasteiger partial charge in [0.1, 0.15) is 6.07 Å². The van der Waals surface area contributed by atoms with Crippen LogP contribution in [-0.2, 0) is 6.54 Å². The molecule has 0 amide bonds. The second kappa shape index (κ2) is 9.70. The minimum atomic E-state index is 0.490. The predicted octanol–water partition coefficient (Wildman–Crippen LogP) is 5.19. The average Bonchev–Trinajstić information content (AvgIpc) is 3.00. The van der Waals surface area contributed by atoms with Gasteiger partial charge in [-0.3, -0.25) is 0 Å². The number of aryl methyl sites for hydroxylation is 1. The highest BCUT2D eigenvalue weighted by atomic mass is 15.4. The number of rotatable bonds is 9. The summed E-state index contributed by atoms with van der Waals surface area (Å²) in [6.45, 7) is 5.42. The van der Waals surface area contributed by atoms with Gasteiger partial charge in [0, 0.05) is 12.5 Å². The Morgan fingerprint density at radius 1 is 1.04 bits per heavy atom. The van der Waals surface area contributed by atoms with Gasteiger partial charge in [-0.2, -0.15) is 5.26 Å². The number of unbranched alkanes of at least 4 members (excludes halogenated alkanes) is 4. The summed E-state index contributed by atoms with van der Waals surface area (Å²) >= 11 is 0. The molecule has 1 aromatic rings. The van der Waals surface area contributed by atoms with E-state index in [1.54, 1.807) is 0 Å². The molecule has 0 bridgehead atoms. The maximum Gasteiger partial charge on any atom is 0.186 e. The van der Waals surface area contributed by atoms with Gasteiger partial charge in [-0.15, -0.1) is 5.10 Å². The summed E-state index contributed by atoms with van der Waals surface area (Å²) in [7, 11) is 0. The van der Waals surface area contributed by atoms with Crippen LogP contribution < -0.4 is 0 Å². The van der Waals surface area contributed by atoms with Crippen LogP contribution >= 0.6 is 0 Å². The minimum Gasteiger partial charge on any atom is -0.248 e. The zero-order valence-corrected chi connectivity index (χ0v) is 14.9. The van der Waals surface area contributed by atoms with Crippen molar-refractivity contribution in [2.24, 2.45) is 5.92 Å². The fourth-order valence-electron chi connectivity index (χ4n) is 3.87. The maximum atomic E-state index is 9.37. The van der Waals surface area contributed by atoms with Crippen LogP contribution in [0, 0.1) is 17.2 Å². The molecule has 4 heteroatoms. The largest absolute Gasteiger partial charge is 0.248 e. The van der Waals surface area contributed by atoms with Crippen LogP contribution in [0.1, 0.15) is 102 Å². The van der Waals surface area contributed by atoms with Crippen molar-refractivity contribution in [2.45, 2.75) is 96.9 Å². The van der Waals surface area contributed by atoms with Gasteiger partial charge >= 0.3 is 0 Å². The van der Waals surface area contributed by atoms with E-state index < -0.39 is 0 Å². The van der Waals surface area contributed by atoms with E-state index in [4.69, 9.17) is 0 Å². The fourth-order valence-corrected chi connectivity index (χ4v) is 3.87. The molecule has 2 rings (SSSR count). The standard InChI is InChI=1S/C19H32N4/c1-3-5-7-8-14-23-19(18(15-20)21-22-23)17-12-10-16(11-13-17)9-6-4-2/h16-17H,3-14H2,1-2H3. The molecule has 0 aliphatic heterocycles. The van der Waals surface area contributed by atoms with Crippen molar-refractivity contribution >= 4 is 0 Å². The average molecular weight is 316 g/mol. The summed E-state index contributed by atoms with van der Waals surface area (Å²) in [4.78, 5) is 0. The second-order valence-electron chi connectivity index (χ2n) is 7.08. The third-order valence-corrected chi connectivity index (χ3v) is 5.30. The lowest BCUT2D eigenvalue weighted by Gasteiger charge is -2.28. The number of nitrogens with zero attached hydrogens (tertiary/aromatic N) is 4. The van der Waals surface area contributed by atoms with Gasteiger partial charge in [0.25, 0.3) is 0 Å². The van der Waals surface area contributed by atoms with E-state index in [9.17, 15) is 5.26 Å². The number of hydrogen-bond donors (Lipinski definition) is 0.